The monoisotopic (exact) mass is 204 g/mol. The van der Waals surface area contributed by atoms with Gasteiger partial charge in [0.2, 0.25) is 0 Å². The highest BCUT2D eigenvalue weighted by Gasteiger charge is 2.45. The fraction of sp³-hybridized carbons (Fsp3) is 0.250. The van der Waals surface area contributed by atoms with E-state index in [9.17, 15) is 9.90 Å². The third-order valence-corrected chi connectivity index (χ3v) is 2.83. The van der Waals surface area contributed by atoms with Gasteiger partial charge in [-0.25, -0.2) is 4.79 Å². The molecular weight excluding hydrogens is 192 g/mol. The lowest BCUT2D eigenvalue weighted by Gasteiger charge is -2.35. The Kier molecular flexibility index (Phi) is 2.32. The number of hydrogen-bond acceptors (Lipinski definition) is 2. The fourth-order valence-electron chi connectivity index (χ4n) is 2.00. The molecule has 78 valence electrons. The Hall–Kier alpha value is -1.61. The Morgan fingerprint density at radius 2 is 2.27 bits per heavy atom. The maximum atomic E-state index is 11.3. The van der Waals surface area contributed by atoms with Crippen LogP contribution in [0.5, 0.6) is 0 Å². The molecular formula is C12H12O3. The summed E-state index contributed by atoms with van der Waals surface area (Å²) >= 11 is 0. The maximum Gasteiger partial charge on any atom is 0.341 e. The molecule has 0 fully saturated rings. The molecule has 0 heterocycles. The van der Waals surface area contributed by atoms with Crippen LogP contribution in [0.15, 0.2) is 48.1 Å². The molecule has 0 amide bonds. The number of rotatable bonds is 2. The van der Waals surface area contributed by atoms with Crippen LogP contribution < -0.4 is 0 Å². The number of allylic oxidation sites excluding steroid dienone is 5. The summed E-state index contributed by atoms with van der Waals surface area (Å²) in [6.07, 6.45) is 12.7. The van der Waals surface area contributed by atoms with Gasteiger partial charge >= 0.3 is 5.97 Å². The van der Waals surface area contributed by atoms with Gasteiger partial charge in [0.05, 0.1) is 0 Å². The van der Waals surface area contributed by atoms with Crippen molar-refractivity contribution in [1.82, 2.24) is 0 Å². The average molecular weight is 204 g/mol. The van der Waals surface area contributed by atoms with Crippen LogP contribution in [0.3, 0.4) is 0 Å². The van der Waals surface area contributed by atoms with Crippen LogP contribution in [0.4, 0.5) is 0 Å². The van der Waals surface area contributed by atoms with E-state index in [-0.39, 0.29) is 5.92 Å². The minimum atomic E-state index is -1.26. The topological polar surface area (TPSA) is 46.5 Å². The third-order valence-electron chi connectivity index (χ3n) is 2.83. The van der Waals surface area contributed by atoms with Crippen molar-refractivity contribution >= 4 is 5.97 Å². The number of carboxylic acid groups (broad SMARTS) is 1. The molecule has 0 saturated heterocycles. The Morgan fingerprint density at radius 3 is 2.93 bits per heavy atom. The first kappa shape index (κ1) is 9.93. The maximum absolute atomic E-state index is 11.3. The van der Waals surface area contributed by atoms with Crippen molar-refractivity contribution in [2.75, 3.05) is 7.11 Å². The molecule has 0 aromatic rings. The molecule has 0 spiro atoms. The Balaban J connectivity index is 2.48. The molecule has 0 saturated carbocycles. The third kappa shape index (κ3) is 1.36. The Morgan fingerprint density at radius 1 is 1.47 bits per heavy atom. The van der Waals surface area contributed by atoms with Crippen molar-refractivity contribution in [2.24, 2.45) is 5.92 Å². The molecule has 0 radical (unpaired) electrons. The van der Waals surface area contributed by atoms with E-state index in [1.54, 1.807) is 12.2 Å². The lowest BCUT2D eigenvalue weighted by molar-refractivity contribution is -0.159. The summed E-state index contributed by atoms with van der Waals surface area (Å²) in [6.45, 7) is 0. The van der Waals surface area contributed by atoms with Crippen LogP contribution in [0, 0.1) is 5.92 Å². The van der Waals surface area contributed by atoms with Gasteiger partial charge in [-0.15, -0.1) is 0 Å². The summed E-state index contributed by atoms with van der Waals surface area (Å²) in [7, 11) is 1.42. The van der Waals surface area contributed by atoms with Crippen molar-refractivity contribution in [3.63, 3.8) is 0 Å². The number of methoxy groups -OCH3 is 1. The molecule has 2 atom stereocenters. The molecule has 0 unspecified atom stereocenters. The normalized spacial score (nSPS) is 32.3. The van der Waals surface area contributed by atoms with Crippen LogP contribution in [-0.2, 0) is 9.53 Å². The molecule has 0 aromatic carbocycles. The van der Waals surface area contributed by atoms with E-state index in [0.717, 1.165) is 5.57 Å². The van der Waals surface area contributed by atoms with Crippen LogP contribution in [0.1, 0.15) is 0 Å². The van der Waals surface area contributed by atoms with E-state index >= 15 is 0 Å². The molecule has 2 aliphatic rings. The summed E-state index contributed by atoms with van der Waals surface area (Å²) in [6, 6.07) is 0. The number of hydrogen-bond donors (Lipinski definition) is 1. The van der Waals surface area contributed by atoms with Crippen molar-refractivity contribution < 1.29 is 14.6 Å². The van der Waals surface area contributed by atoms with Crippen LogP contribution in [0.2, 0.25) is 0 Å². The highest BCUT2D eigenvalue weighted by molar-refractivity contribution is 5.83. The molecule has 3 nitrogen and oxygen atoms in total. The molecule has 0 aliphatic heterocycles. The second kappa shape index (κ2) is 3.51. The van der Waals surface area contributed by atoms with Crippen LogP contribution in [0.25, 0.3) is 0 Å². The first-order valence-electron chi connectivity index (χ1n) is 4.73. The molecule has 1 N–H and O–H groups in total. The van der Waals surface area contributed by atoms with Crippen molar-refractivity contribution in [3.8, 4) is 0 Å². The zero-order valence-electron chi connectivity index (χ0n) is 8.38. The van der Waals surface area contributed by atoms with Gasteiger partial charge in [-0.05, 0) is 11.6 Å². The minimum absolute atomic E-state index is 0.241. The van der Waals surface area contributed by atoms with E-state index < -0.39 is 11.6 Å². The summed E-state index contributed by atoms with van der Waals surface area (Å²) in [4.78, 5) is 11.3. The molecule has 3 heteroatoms. The van der Waals surface area contributed by atoms with E-state index in [2.05, 4.69) is 0 Å². The highest BCUT2D eigenvalue weighted by atomic mass is 16.5. The van der Waals surface area contributed by atoms with E-state index in [4.69, 9.17) is 4.74 Å². The fourth-order valence-corrected chi connectivity index (χ4v) is 2.00. The number of carboxylic acids is 1. The summed E-state index contributed by atoms with van der Waals surface area (Å²) in [5, 5.41) is 9.27. The zero-order valence-corrected chi connectivity index (χ0v) is 8.38. The van der Waals surface area contributed by atoms with E-state index in [0.29, 0.717) is 0 Å². The number of carbonyl (C=O) groups is 1. The van der Waals surface area contributed by atoms with Gasteiger partial charge in [0.15, 0.2) is 5.60 Å². The van der Waals surface area contributed by atoms with E-state index in [1.807, 2.05) is 30.4 Å². The van der Waals surface area contributed by atoms with Crippen molar-refractivity contribution in [1.29, 1.82) is 0 Å². The highest BCUT2D eigenvalue weighted by Crippen LogP contribution is 2.36. The van der Waals surface area contributed by atoms with Gasteiger partial charge in [0.1, 0.15) is 0 Å². The zero-order chi connectivity index (χ0) is 10.9. The Labute approximate surface area is 88.1 Å². The van der Waals surface area contributed by atoms with Gasteiger partial charge in [-0.1, -0.05) is 36.5 Å². The summed E-state index contributed by atoms with van der Waals surface area (Å²) in [5.74, 6) is -1.20. The SMILES string of the molecule is CO[C@]1(C(=O)O)C=CC=C2C=CC=C[C@H]21. The van der Waals surface area contributed by atoms with Gasteiger partial charge in [-0.3, -0.25) is 0 Å². The lowest BCUT2D eigenvalue weighted by atomic mass is 9.76. The predicted molar refractivity (Wildman–Crippen MR) is 56.4 cm³/mol. The van der Waals surface area contributed by atoms with Gasteiger partial charge in [0, 0.05) is 13.0 Å². The molecule has 2 aliphatic carbocycles. The van der Waals surface area contributed by atoms with Gasteiger partial charge in [-0.2, -0.15) is 0 Å². The largest absolute Gasteiger partial charge is 0.479 e. The molecule has 0 aromatic heterocycles. The van der Waals surface area contributed by atoms with Crippen LogP contribution >= 0.6 is 0 Å². The van der Waals surface area contributed by atoms with Gasteiger partial charge < -0.3 is 9.84 Å². The standard InChI is InChI=1S/C12H12O3/c1-15-12(11(13)14)8-4-6-9-5-2-3-7-10(9)12/h2-8,10H,1H3,(H,13,14)/t10-,12-/m1/s1. The summed E-state index contributed by atoms with van der Waals surface area (Å²) < 4.78 is 5.20. The smallest absolute Gasteiger partial charge is 0.341 e. The first-order valence-corrected chi connectivity index (χ1v) is 4.73. The summed E-state index contributed by atoms with van der Waals surface area (Å²) in [5.41, 5.74) is -0.296. The number of fused-ring (bicyclic) bond motifs is 1. The Bertz CT molecular complexity index is 401. The second-order valence-corrected chi connectivity index (χ2v) is 3.55. The quantitative estimate of drug-likeness (QED) is 0.744. The number of ether oxygens (including phenoxy) is 1. The second-order valence-electron chi connectivity index (χ2n) is 3.55. The van der Waals surface area contributed by atoms with E-state index in [1.165, 1.54) is 7.11 Å². The average Bonchev–Trinajstić information content (AvgIpc) is 2.28. The number of aliphatic carboxylic acids is 1. The first-order chi connectivity index (χ1) is 7.20. The molecule has 15 heavy (non-hydrogen) atoms. The van der Waals surface area contributed by atoms with Crippen molar-refractivity contribution in [3.05, 3.63) is 48.1 Å². The van der Waals surface area contributed by atoms with Crippen LogP contribution in [-0.4, -0.2) is 23.8 Å². The molecule has 0 bridgehead atoms. The van der Waals surface area contributed by atoms with Gasteiger partial charge in [0.25, 0.3) is 0 Å². The minimum Gasteiger partial charge on any atom is -0.479 e. The lowest BCUT2D eigenvalue weighted by Crippen LogP contribution is -2.47. The predicted octanol–water partition coefficient (Wildman–Crippen LogP) is 1.69. The van der Waals surface area contributed by atoms with Crippen molar-refractivity contribution in [2.45, 2.75) is 5.60 Å². The molecule has 2 rings (SSSR count).